The van der Waals surface area contributed by atoms with Crippen LogP contribution in [0.25, 0.3) is 5.76 Å². The van der Waals surface area contributed by atoms with Crippen molar-refractivity contribution in [3.05, 3.63) is 58.3 Å². The lowest BCUT2D eigenvalue weighted by molar-refractivity contribution is 0.498. The molecule has 3 rings (SSSR count). The zero-order valence-corrected chi connectivity index (χ0v) is 8.88. The molecule has 0 N–H and O–H groups in total. The van der Waals surface area contributed by atoms with Crippen LogP contribution < -0.4 is 4.74 Å². The summed E-state index contributed by atoms with van der Waals surface area (Å²) in [6.07, 6.45) is 3.05. The molecular weight excluding hydrogens is 204 g/mol. The summed E-state index contributed by atoms with van der Waals surface area (Å²) < 4.78 is 5.81. The summed E-state index contributed by atoms with van der Waals surface area (Å²) in [5.74, 6) is 1.89. The van der Waals surface area contributed by atoms with Crippen LogP contribution in [0.3, 0.4) is 0 Å². The second-order valence-corrected chi connectivity index (χ2v) is 4.13. The predicted octanol–water partition coefficient (Wildman–Crippen LogP) is 3.52. The van der Waals surface area contributed by atoms with E-state index in [0.29, 0.717) is 0 Å². The molecular formula is C13H9OS. The van der Waals surface area contributed by atoms with Crippen molar-refractivity contribution in [3.8, 4) is 5.75 Å². The minimum Gasteiger partial charge on any atom is -0.457 e. The Hall–Kier alpha value is -1.54. The molecule has 0 spiro atoms. The normalized spacial score (nSPS) is 14.0. The molecule has 2 heterocycles. The van der Waals surface area contributed by atoms with E-state index >= 15 is 0 Å². The molecule has 0 fully saturated rings. The number of benzene rings is 1. The number of thiophene rings is 1. The molecule has 1 aromatic heterocycles. The zero-order chi connectivity index (χ0) is 10.1. The number of hydrogen-bond acceptors (Lipinski definition) is 2. The van der Waals surface area contributed by atoms with E-state index in [4.69, 9.17) is 4.74 Å². The Morgan fingerprint density at radius 3 is 3.00 bits per heavy atom. The lowest BCUT2D eigenvalue weighted by Gasteiger charge is -2.16. The maximum absolute atomic E-state index is 5.81. The van der Waals surface area contributed by atoms with Crippen LogP contribution in [0.4, 0.5) is 0 Å². The van der Waals surface area contributed by atoms with E-state index in [1.165, 1.54) is 5.56 Å². The zero-order valence-electron chi connectivity index (χ0n) is 8.07. The summed E-state index contributed by atoms with van der Waals surface area (Å²) in [4.78, 5) is 0. The molecule has 1 aliphatic heterocycles. The van der Waals surface area contributed by atoms with Crippen LogP contribution in [0.5, 0.6) is 5.75 Å². The SMILES string of the molecule is [c]1sccc1C1=CCc2ccccc2O1. The summed E-state index contributed by atoms with van der Waals surface area (Å²) >= 11 is 1.57. The van der Waals surface area contributed by atoms with Gasteiger partial charge in [-0.15, -0.1) is 11.3 Å². The molecule has 73 valence electrons. The number of ether oxygens (including phenoxy) is 1. The molecule has 1 nitrogen and oxygen atoms in total. The molecule has 0 bridgehead atoms. The average molecular weight is 213 g/mol. The minimum absolute atomic E-state index is 0.926. The van der Waals surface area contributed by atoms with Gasteiger partial charge in [0.05, 0.1) is 5.38 Å². The van der Waals surface area contributed by atoms with Crippen molar-refractivity contribution in [2.45, 2.75) is 6.42 Å². The van der Waals surface area contributed by atoms with Crippen LogP contribution in [0.2, 0.25) is 0 Å². The molecule has 0 saturated carbocycles. The van der Waals surface area contributed by atoms with Crippen LogP contribution in [-0.4, -0.2) is 0 Å². The highest BCUT2D eigenvalue weighted by Gasteiger charge is 2.13. The van der Waals surface area contributed by atoms with Gasteiger partial charge in [-0.25, -0.2) is 0 Å². The van der Waals surface area contributed by atoms with Crippen LogP contribution in [0.1, 0.15) is 11.1 Å². The highest BCUT2D eigenvalue weighted by molar-refractivity contribution is 7.07. The second-order valence-electron chi connectivity index (χ2n) is 3.42. The third-order valence-electron chi connectivity index (χ3n) is 2.44. The van der Waals surface area contributed by atoms with E-state index in [9.17, 15) is 0 Å². The Labute approximate surface area is 92.6 Å². The molecule has 1 aromatic carbocycles. The standard InChI is InChI=1S/C13H9OS/c1-2-4-12-10(3-1)5-6-13(14-12)11-7-8-15-9-11/h1-4,6-8H,5H2. The van der Waals surface area contributed by atoms with E-state index in [1.54, 1.807) is 11.3 Å². The maximum Gasteiger partial charge on any atom is 0.132 e. The van der Waals surface area contributed by atoms with Crippen molar-refractivity contribution in [1.82, 2.24) is 0 Å². The first-order chi connectivity index (χ1) is 7.43. The maximum atomic E-state index is 5.81. The van der Waals surface area contributed by atoms with E-state index in [0.717, 1.165) is 23.5 Å². The lowest BCUT2D eigenvalue weighted by Crippen LogP contribution is -2.02. The Kier molecular flexibility index (Phi) is 2.07. The second kappa shape index (κ2) is 3.55. The monoisotopic (exact) mass is 213 g/mol. The van der Waals surface area contributed by atoms with Gasteiger partial charge in [-0.05, 0) is 35.6 Å². The molecule has 0 saturated heterocycles. The highest BCUT2D eigenvalue weighted by atomic mass is 32.1. The lowest BCUT2D eigenvalue weighted by atomic mass is 10.1. The van der Waals surface area contributed by atoms with Gasteiger partial charge in [0.1, 0.15) is 11.5 Å². The first-order valence-corrected chi connectivity index (χ1v) is 5.73. The van der Waals surface area contributed by atoms with Gasteiger partial charge in [0, 0.05) is 5.56 Å². The molecule has 2 aromatic rings. The van der Waals surface area contributed by atoms with E-state index in [2.05, 4.69) is 17.5 Å². The molecule has 2 heteroatoms. The van der Waals surface area contributed by atoms with E-state index < -0.39 is 0 Å². The number of rotatable bonds is 1. The Bertz CT molecular complexity index is 497. The molecule has 0 amide bonds. The van der Waals surface area contributed by atoms with Crippen molar-refractivity contribution < 1.29 is 4.74 Å². The molecule has 1 aliphatic rings. The summed E-state index contributed by atoms with van der Waals surface area (Å²) in [5, 5.41) is 5.20. The molecule has 0 atom stereocenters. The molecule has 0 unspecified atom stereocenters. The molecule has 0 aliphatic carbocycles. The average Bonchev–Trinajstić information content (AvgIpc) is 2.82. The number of hydrogen-bond donors (Lipinski definition) is 0. The highest BCUT2D eigenvalue weighted by Crippen LogP contribution is 2.30. The van der Waals surface area contributed by atoms with E-state index in [-0.39, 0.29) is 0 Å². The fourth-order valence-electron chi connectivity index (χ4n) is 1.67. The van der Waals surface area contributed by atoms with Gasteiger partial charge in [-0.1, -0.05) is 18.2 Å². The van der Waals surface area contributed by atoms with Crippen LogP contribution >= 0.6 is 11.3 Å². The molecule has 1 radical (unpaired) electrons. The fraction of sp³-hybridized carbons (Fsp3) is 0.0769. The number of fused-ring (bicyclic) bond motifs is 1. The van der Waals surface area contributed by atoms with Gasteiger partial charge < -0.3 is 4.74 Å². The summed E-state index contributed by atoms with van der Waals surface area (Å²) in [6.45, 7) is 0. The Balaban J connectivity index is 1.96. The third-order valence-corrected chi connectivity index (χ3v) is 3.05. The van der Waals surface area contributed by atoms with Gasteiger partial charge in [0.15, 0.2) is 0 Å². The first-order valence-electron chi connectivity index (χ1n) is 4.85. The minimum atomic E-state index is 0.926. The largest absolute Gasteiger partial charge is 0.457 e. The summed E-state index contributed by atoms with van der Waals surface area (Å²) in [7, 11) is 0. The van der Waals surface area contributed by atoms with E-state index in [1.807, 2.05) is 29.6 Å². The Morgan fingerprint density at radius 2 is 2.13 bits per heavy atom. The van der Waals surface area contributed by atoms with Crippen LogP contribution in [0.15, 0.2) is 41.8 Å². The topological polar surface area (TPSA) is 9.23 Å². The van der Waals surface area contributed by atoms with Gasteiger partial charge in [-0.2, -0.15) is 0 Å². The third kappa shape index (κ3) is 1.57. The summed E-state index contributed by atoms with van der Waals surface area (Å²) in [6, 6.07) is 10.2. The Morgan fingerprint density at radius 1 is 1.20 bits per heavy atom. The smallest absolute Gasteiger partial charge is 0.132 e. The first kappa shape index (κ1) is 8.74. The van der Waals surface area contributed by atoms with Gasteiger partial charge in [0.2, 0.25) is 0 Å². The fourth-order valence-corrected chi connectivity index (χ4v) is 2.23. The van der Waals surface area contributed by atoms with Crippen LogP contribution in [0, 0.1) is 5.38 Å². The quantitative estimate of drug-likeness (QED) is 0.704. The van der Waals surface area contributed by atoms with Gasteiger partial charge in [-0.3, -0.25) is 0 Å². The summed E-state index contributed by atoms with van der Waals surface area (Å²) in [5.41, 5.74) is 2.30. The van der Waals surface area contributed by atoms with Crippen molar-refractivity contribution in [3.63, 3.8) is 0 Å². The van der Waals surface area contributed by atoms with Crippen molar-refractivity contribution >= 4 is 17.1 Å². The molecule has 15 heavy (non-hydrogen) atoms. The van der Waals surface area contributed by atoms with Gasteiger partial charge in [0.25, 0.3) is 0 Å². The van der Waals surface area contributed by atoms with Crippen molar-refractivity contribution in [1.29, 1.82) is 0 Å². The predicted molar refractivity (Wildman–Crippen MR) is 61.9 cm³/mol. The van der Waals surface area contributed by atoms with Crippen LogP contribution in [-0.2, 0) is 6.42 Å². The van der Waals surface area contributed by atoms with Gasteiger partial charge >= 0.3 is 0 Å². The van der Waals surface area contributed by atoms with Crippen molar-refractivity contribution in [2.75, 3.05) is 0 Å². The number of allylic oxidation sites excluding steroid dienone is 1. The number of para-hydroxylation sites is 1. The van der Waals surface area contributed by atoms with Crippen molar-refractivity contribution in [2.24, 2.45) is 0 Å².